The van der Waals surface area contributed by atoms with E-state index >= 15 is 0 Å². The minimum absolute atomic E-state index is 0. The van der Waals surface area contributed by atoms with E-state index in [1.165, 1.54) is 41.5 Å². The minimum atomic E-state index is -0.125. The van der Waals surface area contributed by atoms with Crippen LogP contribution in [0.2, 0.25) is 80.4 Å². The summed E-state index contributed by atoms with van der Waals surface area (Å²) in [5.41, 5.74) is 19.1. The Kier molecular flexibility index (Phi) is 33.2. The van der Waals surface area contributed by atoms with Crippen LogP contribution in [0.4, 0.5) is 0 Å². The Balaban J connectivity index is 0.000000144. The summed E-state index contributed by atoms with van der Waals surface area (Å²) in [5, 5.41) is 12.1. The number of pyridine rings is 2. The molecule has 16 bridgehead atoms. The van der Waals surface area contributed by atoms with Gasteiger partial charge in [0, 0.05) is 105 Å². The van der Waals surface area contributed by atoms with Crippen LogP contribution in [0.3, 0.4) is 0 Å². The Hall–Kier alpha value is -10.9. The summed E-state index contributed by atoms with van der Waals surface area (Å²) in [4.78, 5) is 77.9. The Morgan fingerprint density at radius 3 is 0.788 bits per heavy atom. The van der Waals surface area contributed by atoms with Gasteiger partial charge in [-0.3, -0.25) is 4.79 Å². The number of aliphatic hydroxyl groups excluding tert-OH is 1. The molecule has 0 atom stereocenters. The molecule has 35 heteroatoms. The predicted octanol–water partition coefficient (Wildman–Crippen LogP) is 35.6. The molecule has 16 nitrogen and oxygen atoms in total. The van der Waals surface area contributed by atoms with Crippen LogP contribution < -0.4 is 19.9 Å². The molecule has 1 N–H and O–H groups in total. The van der Waals surface area contributed by atoms with Gasteiger partial charge < -0.3 is 54.9 Å². The van der Waals surface area contributed by atoms with Crippen molar-refractivity contribution < 1.29 is 66.6 Å². The zero-order valence-electron chi connectivity index (χ0n) is 74.8. The predicted molar refractivity (Wildman–Crippen MR) is 592 cm³/mol. The fraction of sp³-hybridized carbons (Fsp3) is 0.0180. The Morgan fingerprint density at radius 2 is 0.541 bits per heavy atom. The van der Waals surface area contributed by atoms with E-state index in [1.54, 1.807) is 0 Å². The van der Waals surface area contributed by atoms with Crippen molar-refractivity contribution in [1.29, 1.82) is 0 Å². The van der Waals surface area contributed by atoms with Crippen LogP contribution in [0.25, 0.3) is 225 Å². The second-order valence-corrected chi connectivity index (χ2v) is 38.1. The quantitative estimate of drug-likeness (QED) is 0.0391. The molecule has 4 aliphatic rings. The Morgan fingerprint density at radius 1 is 0.288 bits per heavy atom. The third-order valence-electron chi connectivity index (χ3n) is 23.1. The topological polar surface area (TPSA) is 223 Å². The number of allylic oxidation sites excluding steroid dienone is 2. The summed E-state index contributed by atoms with van der Waals surface area (Å²) in [7, 11) is 0. The zero-order valence-corrected chi connectivity index (χ0v) is 93.2. The molecule has 24 rings (SSSR count). The molecule has 0 unspecified atom stereocenters. The van der Waals surface area contributed by atoms with E-state index in [0.29, 0.717) is 0 Å². The van der Waals surface area contributed by atoms with Crippen molar-refractivity contribution in [2.45, 2.75) is 13.8 Å². The standard InChI is InChI=1S/C44H28N4.C32Cl16N8.2C15H10N.C5H8O2.Cu.Ir.Zn/c1-5-13-29(14-6-1)41-33-21-23-35(45-33)42(30-15-7-2-8-16-30)37-25-27-39(47-37)44(32-19-11-4-12-20-32)40-28-26-38(48-40)43(31-17-9-3-10-18-31)36-24-22-34(41)46-36;33-9-1-2(10(34)18(42)17(9)41)26-49-25(1)53-27-3-4(12(36)20(44)19(43)11(3)35)29(50-27)55-31-7-8(16(40)24(48)23(47)15(7)39)32(52-31)56-30-6-5(28(51-30)54-26)13(37)21(45)22(46)14(6)38;2*1-2-7-13(8-3-1)15-14-9-5-4-6-12(14)10-11-16-15;1-4(6)3-5(2)7;;;/h1-28H;;2*1-7,9-11H;3,6H,1-2H3;;;/q2*-2;2*-1;;+2;;+2. The van der Waals surface area contributed by atoms with Gasteiger partial charge in [0.1, 0.15) is 0 Å². The molecule has 718 valence electrons. The average Bonchev–Trinajstić information content (AvgIpc) is 1.56. The van der Waals surface area contributed by atoms with E-state index in [-0.39, 0.29) is 238 Å². The van der Waals surface area contributed by atoms with Gasteiger partial charge in [-0.05, 0) is 128 Å². The third-order valence-corrected chi connectivity index (χ3v) is 30.3. The van der Waals surface area contributed by atoms with Crippen molar-refractivity contribution in [3.8, 4) is 113 Å². The van der Waals surface area contributed by atoms with Gasteiger partial charge in [0.2, 0.25) is 0 Å². The number of ketones is 1. The molecule has 146 heavy (non-hydrogen) atoms. The fourth-order valence-corrected chi connectivity index (χ4v) is 20.9. The number of carbonyl (C=O) groups is 1. The number of nitrogens with zero attached hydrogens (tertiary/aromatic N) is 14. The van der Waals surface area contributed by atoms with Crippen LogP contribution in [-0.4, -0.2) is 60.7 Å². The first-order valence-electron chi connectivity index (χ1n) is 43.2. The maximum Gasteiger partial charge on any atom is 2.00 e. The van der Waals surface area contributed by atoms with Crippen molar-refractivity contribution in [2.75, 3.05) is 0 Å². The molecule has 0 aliphatic carbocycles. The van der Waals surface area contributed by atoms with Gasteiger partial charge in [-0.1, -0.05) is 380 Å². The molecule has 20 aromatic rings. The van der Waals surface area contributed by atoms with E-state index in [1.807, 2.05) is 122 Å². The maximum absolute atomic E-state index is 10.0. The van der Waals surface area contributed by atoms with E-state index < -0.39 is 0 Å². The summed E-state index contributed by atoms with van der Waals surface area (Å²) in [5.74, 6) is -0.500. The van der Waals surface area contributed by atoms with Gasteiger partial charge in [-0.15, -0.1) is 93.9 Å². The number of hydrogen-bond acceptors (Lipinski definition) is 12. The number of rotatable bonds is 7. The first-order chi connectivity index (χ1) is 69.3. The van der Waals surface area contributed by atoms with Crippen molar-refractivity contribution in [3.05, 3.63) is 394 Å². The fourth-order valence-electron chi connectivity index (χ4n) is 16.8. The molecule has 8 aromatic heterocycles. The van der Waals surface area contributed by atoms with Gasteiger partial charge >= 0.3 is 36.5 Å². The minimum Gasteiger partial charge on any atom is -0.657 e. The van der Waals surface area contributed by atoms with E-state index in [4.69, 9.17) is 231 Å². The molecule has 0 saturated carbocycles. The van der Waals surface area contributed by atoms with Gasteiger partial charge in [0.15, 0.2) is 5.78 Å². The van der Waals surface area contributed by atoms with Gasteiger partial charge in [0.25, 0.3) is 0 Å². The van der Waals surface area contributed by atoms with Crippen LogP contribution in [0.15, 0.2) is 279 Å². The monoisotopic (exact) mass is 2500 g/mol. The second kappa shape index (κ2) is 45.6. The number of halogens is 16. The van der Waals surface area contributed by atoms with E-state index in [2.05, 4.69) is 212 Å². The van der Waals surface area contributed by atoms with Crippen LogP contribution in [-0.2, 0) is 61.4 Å². The Labute approximate surface area is 950 Å². The normalized spacial score (nSPS) is 11.5. The molecular formula is C111H56Cl16CuIrN14O2Zn-2. The second-order valence-electron chi connectivity index (χ2n) is 32.0. The van der Waals surface area contributed by atoms with Crippen LogP contribution >= 0.6 is 186 Å². The first kappa shape index (κ1) is 106. The SMILES string of the molecule is C1=Cc2nc1c(-c1ccccc1)c1ccc([n-]1)c(-c1ccccc1)c1nc(c(-c3ccccc3)c3ccc([n-]3)c2-c2ccccc2)C=C1.CC(=O)C=C(C)O.Clc1c(Cl)c(Cl)c2c(c1Cl)-c1nc-2nc2[n-]c(nc3nc(nc4[n-]c(n1)c1c(Cl)c(Cl)c(Cl)c(Cl)c41)-c1c(Cl)c(Cl)c(Cl)c(Cl)c1-3)c1c(Cl)c(Cl)c(Cl)c(Cl)c21.[Cu+2].[Ir].[Zn+2].[c-]1ccccc1-c1nccc2ccccc12.[c-]1ccccc1-c1nccc2ccccc12. The molecule has 4 aliphatic heterocycles. The number of aliphatic hydroxyl groups is 1. The molecule has 2 radical (unpaired) electrons. The van der Waals surface area contributed by atoms with E-state index in [0.717, 1.165) is 112 Å². The van der Waals surface area contributed by atoms with Crippen LogP contribution in [0.1, 0.15) is 36.6 Å². The molecule has 0 amide bonds. The number of benzene rings is 12. The smallest absolute Gasteiger partial charge is 0.657 e. The summed E-state index contributed by atoms with van der Waals surface area (Å²) in [6.07, 6.45) is 13.3. The van der Waals surface area contributed by atoms with Crippen molar-refractivity contribution in [2.24, 2.45) is 0 Å². The average molecular weight is 2510 g/mol. The molecule has 12 heterocycles. The molecule has 0 fully saturated rings. The van der Waals surface area contributed by atoms with Crippen LogP contribution in [0.5, 0.6) is 0 Å². The Bertz CT molecular complexity index is 8240. The number of fused-ring (bicyclic) bond motifs is 30. The van der Waals surface area contributed by atoms with Crippen molar-refractivity contribution >= 4 is 303 Å². The molecular weight excluding hydrogens is 2450 g/mol. The molecule has 0 spiro atoms. The van der Waals surface area contributed by atoms with Crippen LogP contribution in [0, 0.1) is 12.1 Å². The summed E-state index contributed by atoms with van der Waals surface area (Å²) in [6.45, 7) is 2.85. The number of carbonyl (C=O) groups excluding carboxylic acids is 1. The maximum atomic E-state index is 10.0. The third kappa shape index (κ3) is 20.7. The largest absolute Gasteiger partial charge is 2.00 e. The van der Waals surface area contributed by atoms with Gasteiger partial charge in [0.05, 0.1) is 132 Å². The van der Waals surface area contributed by atoms with Gasteiger partial charge in [-0.2, -0.15) is 0 Å². The molecule has 0 saturated heterocycles. The van der Waals surface area contributed by atoms with E-state index in [9.17, 15) is 4.79 Å². The summed E-state index contributed by atoms with van der Waals surface area (Å²) in [6, 6.07) is 92.9. The van der Waals surface area contributed by atoms with Crippen molar-refractivity contribution in [3.63, 3.8) is 0 Å². The van der Waals surface area contributed by atoms with Crippen molar-refractivity contribution in [1.82, 2.24) is 69.8 Å². The van der Waals surface area contributed by atoms with Gasteiger partial charge in [-0.25, -0.2) is 19.9 Å². The molecule has 12 aromatic carbocycles. The summed E-state index contributed by atoms with van der Waals surface area (Å²) < 4.78 is 0. The number of aromatic nitrogens is 14. The summed E-state index contributed by atoms with van der Waals surface area (Å²) >= 11 is 107. The first-order valence-corrected chi connectivity index (χ1v) is 49.2. The zero-order chi connectivity index (χ0) is 99.4. The number of hydrogen-bond donors (Lipinski definition) is 1.